The number of rotatable bonds is 7. The number of hydrogen-bond acceptors (Lipinski definition) is 7. The van der Waals surface area contributed by atoms with Crippen LogP contribution in [-0.4, -0.2) is 81.5 Å². The van der Waals surface area contributed by atoms with Crippen LogP contribution in [0.15, 0.2) is 78.9 Å². The fraction of sp³-hybridized carbons (Fsp3) is 0.314. The van der Waals surface area contributed by atoms with Gasteiger partial charge in [-0.1, -0.05) is 48.5 Å². The summed E-state index contributed by atoms with van der Waals surface area (Å²) >= 11 is 1.02. The summed E-state index contributed by atoms with van der Waals surface area (Å²) < 4.78 is 29.0. The van der Waals surface area contributed by atoms with Crippen molar-refractivity contribution in [2.24, 2.45) is 0 Å². The average Bonchev–Trinajstić information content (AvgIpc) is 3.72. The summed E-state index contributed by atoms with van der Waals surface area (Å²) in [6.07, 6.45) is 1.47. The Morgan fingerprint density at radius 3 is 2.33 bits per heavy atom. The molecule has 10 nitrogen and oxygen atoms in total. The fourth-order valence-electron chi connectivity index (χ4n) is 6.56. The van der Waals surface area contributed by atoms with Gasteiger partial charge < -0.3 is 29.8 Å². The number of amides is 4. The molecule has 4 aromatic rings. The Kier molecular flexibility index (Phi) is 9.81. The molecule has 0 bridgehead atoms. The SMILES string of the molecule is CC(=O)N1CC[C@H]2CC[C@@H](C(=O)N(C)c3ccc(-c4ccccc4)cc3)N2C(=O)[C@@H](NC(=O)c2cc3cc(C(F)(F)P(O)O)ccc3s2)C1. The number of carbonyl (C=O) groups excluding carboxylic acids is 4. The molecular formula is C35H35F2N4O6PS. The van der Waals surface area contributed by atoms with E-state index in [1.165, 1.54) is 28.9 Å². The van der Waals surface area contributed by atoms with Crippen molar-refractivity contribution in [3.63, 3.8) is 0 Å². The first-order valence-corrected chi connectivity index (χ1v) is 17.8. The van der Waals surface area contributed by atoms with E-state index >= 15 is 0 Å². The number of benzene rings is 3. The molecule has 0 unspecified atom stereocenters. The second kappa shape index (κ2) is 13.9. The third kappa shape index (κ3) is 6.94. The Balaban J connectivity index is 1.23. The zero-order chi connectivity index (χ0) is 35.0. The van der Waals surface area contributed by atoms with Gasteiger partial charge in [0, 0.05) is 49.1 Å². The molecule has 0 saturated carbocycles. The van der Waals surface area contributed by atoms with E-state index in [2.05, 4.69) is 5.32 Å². The highest BCUT2D eigenvalue weighted by molar-refractivity contribution is 7.46. The van der Waals surface area contributed by atoms with Gasteiger partial charge in [-0.25, -0.2) is 0 Å². The highest BCUT2D eigenvalue weighted by Crippen LogP contribution is 2.53. The number of nitrogens with one attached hydrogen (secondary N) is 1. The van der Waals surface area contributed by atoms with Crippen LogP contribution >= 0.6 is 19.7 Å². The third-order valence-corrected chi connectivity index (χ3v) is 11.1. The van der Waals surface area contributed by atoms with Crippen LogP contribution < -0.4 is 10.2 Å². The van der Waals surface area contributed by atoms with E-state index in [1.807, 2.05) is 54.6 Å². The number of carbonyl (C=O) groups is 4. The number of hydrogen-bond donors (Lipinski definition) is 3. The quantitative estimate of drug-likeness (QED) is 0.224. The minimum atomic E-state index is -3.85. The largest absolute Gasteiger partial charge is 0.346 e. The van der Waals surface area contributed by atoms with Crippen LogP contribution in [0.5, 0.6) is 0 Å². The first-order valence-electron chi connectivity index (χ1n) is 15.8. The van der Waals surface area contributed by atoms with E-state index in [-0.39, 0.29) is 29.3 Å². The van der Waals surface area contributed by atoms with Crippen LogP contribution in [0.3, 0.4) is 0 Å². The first-order chi connectivity index (χ1) is 23.3. The van der Waals surface area contributed by atoms with Crippen molar-refractivity contribution in [1.82, 2.24) is 15.1 Å². The summed E-state index contributed by atoms with van der Waals surface area (Å²) in [5, 5.41) is 3.05. The van der Waals surface area contributed by atoms with Gasteiger partial charge in [0.05, 0.1) is 4.88 Å². The molecule has 4 amide bonds. The minimum Gasteiger partial charge on any atom is -0.346 e. The van der Waals surface area contributed by atoms with Gasteiger partial charge in [-0.15, -0.1) is 11.3 Å². The molecule has 256 valence electrons. The predicted molar refractivity (Wildman–Crippen MR) is 184 cm³/mol. The lowest BCUT2D eigenvalue weighted by Gasteiger charge is -2.39. The summed E-state index contributed by atoms with van der Waals surface area (Å²) in [7, 11) is -1.89. The molecule has 3 aromatic carbocycles. The summed E-state index contributed by atoms with van der Waals surface area (Å²) in [5.41, 5.74) is -1.73. The molecule has 2 saturated heterocycles. The molecule has 3 N–H and O–H groups in total. The number of nitrogens with zero attached hydrogens (tertiary/aromatic N) is 3. The van der Waals surface area contributed by atoms with Crippen molar-refractivity contribution in [3.05, 3.63) is 89.3 Å². The molecule has 0 spiro atoms. The Morgan fingerprint density at radius 1 is 0.959 bits per heavy atom. The topological polar surface area (TPSA) is 130 Å². The van der Waals surface area contributed by atoms with Crippen molar-refractivity contribution in [1.29, 1.82) is 0 Å². The molecule has 3 heterocycles. The van der Waals surface area contributed by atoms with Crippen LogP contribution in [0.25, 0.3) is 21.2 Å². The van der Waals surface area contributed by atoms with E-state index in [4.69, 9.17) is 0 Å². The number of likely N-dealkylation sites (N-methyl/N-ethyl adjacent to an activating group) is 1. The second-order valence-electron chi connectivity index (χ2n) is 12.3. The lowest BCUT2D eigenvalue weighted by atomic mass is 10.1. The van der Waals surface area contributed by atoms with Crippen molar-refractivity contribution in [2.45, 2.75) is 50.0 Å². The van der Waals surface area contributed by atoms with Gasteiger partial charge >= 0.3 is 5.66 Å². The van der Waals surface area contributed by atoms with Crippen molar-refractivity contribution in [2.75, 3.05) is 25.0 Å². The molecule has 1 aromatic heterocycles. The van der Waals surface area contributed by atoms with E-state index < -0.39 is 43.5 Å². The van der Waals surface area contributed by atoms with Gasteiger partial charge in [-0.2, -0.15) is 8.78 Å². The van der Waals surface area contributed by atoms with Gasteiger partial charge in [-0.05, 0) is 66.1 Å². The summed E-state index contributed by atoms with van der Waals surface area (Å²) in [5.74, 6) is -1.63. The van der Waals surface area contributed by atoms with Crippen molar-refractivity contribution < 1.29 is 37.7 Å². The van der Waals surface area contributed by atoms with Crippen LogP contribution in [0.1, 0.15) is 41.4 Å². The Labute approximate surface area is 286 Å². The molecule has 14 heteroatoms. The van der Waals surface area contributed by atoms with Gasteiger partial charge in [-0.3, -0.25) is 19.2 Å². The molecular weight excluding hydrogens is 673 g/mol. The molecule has 2 aliphatic heterocycles. The molecule has 6 rings (SSSR count). The van der Waals surface area contributed by atoms with E-state index in [0.717, 1.165) is 34.6 Å². The van der Waals surface area contributed by atoms with Crippen LogP contribution in [0, 0.1) is 0 Å². The number of halogens is 2. The van der Waals surface area contributed by atoms with E-state index in [9.17, 15) is 37.7 Å². The first kappa shape index (κ1) is 34.6. The van der Waals surface area contributed by atoms with Gasteiger partial charge in [0.1, 0.15) is 12.1 Å². The standard InChI is InChI=1S/C35H35F2N4O6PS/c1-21(42)40-17-16-27-13-14-29(34(45)39(2)26-11-8-23(9-12-26)22-6-4-3-5-7-22)41(27)33(44)28(20-40)38-32(43)31-19-24-18-25(10-15-30(24)49-31)35(36,37)48(46)47/h3-12,15,18-19,27-29,46-47H,13-14,16-17,20H2,1-2H3,(H,38,43)/t27-,28+,29+/m1/s1. The van der Waals surface area contributed by atoms with Gasteiger partial charge in [0.15, 0.2) is 0 Å². The summed E-state index contributed by atoms with van der Waals surface area (Å²) in [6, 6.07) is 20.1. The lowest BCUT2D eigenvalue weighted by molar-refractivity contribution is -0.144. The van der Waals surface area contributed by atoms with Crippen LogP contribution in [0.2, 0.25) is 0 Å². The Morgan fingerprint density at radius 2 is 1.65 bits per heavy atom. The van der Waals surface area contributed by atoms with E-state index in [0.29, 0.717) is 41.6 Å². The summed E-state index contributed by atoms with van der Waals surface area (Å²) in [6.45, 7) is 1.64. The predicted octanol–water partition coefficient (Wildman–Crippen LogP) is 5.29. The third-order valence-electron chi connectivity index (χ3n) is 9.26. The maximum Gasteiger partial charge on any atom is 0.339 e. The molecule has 49 heavy (non-hydrogen) atoms. The fourth-order valence-corrected chi connectivity index (χ4v) is 7.87. The number of fused-ring (bicyclic) bond motifs is 2. The number of anilines is 1. The van der Waals surface area contributed by atoms with Crippen LogP contribution in [-0.2, 0) is 20.0 Å². The maximum absolute atomic E-state index is 14.3. The second-order valence-corrected chi connectivity index (χ2v) is 14.5. The lowest BCUT2D eigenvalue weighted by Crippen LogP contribution is -2.61. The molecule has 3 atom stereocenters. The maximum atomic E-state index is 14.3. The smallest absolute Gasteiger partial charge is 0.339 e. The monoisotopic (exact) mass is 708 g/mol. The zero-order valence-electron chi connectivity index (χ0n) is 26.8. The Hall–Kier alpha value is -4.29. The molecule has 2 aliphatic rings. The van der Waals surface area contributed by atoms with Gasteiger partial charge in [0.25, 0.3) is 5.91 Å². The van der Waals surface area contributed by atoms with E-state index in [1.54, 1.807) is 11.9 Å². The highest BCUT2D eigenvalue weighted by atomic mass is 32.1. The molecule has 0 aliphatic carbocycles. The zero-order valence-corrected chi connectivity index (χ0v) is 28.5. The minimum absolute atomic E-state index is 0.0986. The Bertz CT molecular complexity index is 1890. The van der Waals surface area contributed by atoms with Crippen molar-refractivity contribution >= 4 is 59.1 Å². The van der Waals surface area contributed by atoms with Gasteiger partial charge in [0.2, 0.25) is 26.1 Å². The highest BCUT2D eigenvalue weighted by Gasteiger charge is 2.46. The molecule has 2 fully saturated rings. The van der Waals surface area contributed by atoms with Crippen molar-refractivity contribution in [3.8, 4) is 11.1 Å². The normalized spacial score (nSPS) is 19.8. The molecule has 0 radical (unpaired) electrons. The van der Waals surface area contributed by atoms with Crippen LogP contribution in [0.4, 0.5) is 14.5 Å². The summed E-state index contributed by atoms with van der Waals surface area (Å²) in [4.78, 5) is 77.4. The number of alkyl halides is 2. The average molecular weight is 709 g/mol. The number of thiophene rings is 1.